The van der Waals surface area contributed by atoms with Gasteiger partial charge < -0.3 is 8.98 Å². The third-order valence-electron chi connectivity index (χ3n) is 2.66. The summed E-state index contributed by atoms with van der Waals surface area (Å²) in [6, 6.07) is 14.0. The van der Waals surface area contributed by atoms with Crippen molar-refractivity contribution in [1.82, 2.24) is 14.8 Å². The summed E-state index contributed by atoms with van der Waals surface area (Å²) < 4.78 is 7.42. The van der Waals surface area contributed by atoms with E-state index in [-0.39, 0.29) is 6.04 Å². The van der Waals surface area contributed by atoms with Crippen molar-refractivity contribution in [2.75, 3.05) is 0 Å². The van der Waals surface area contributed by atoms with Gasteiger partial charge in [-0.05, 0) is 17.7 Å². The van der Waals surface area contributed by atoms with Crippen molar-refractivity contribution < 1.29 is 4.42 Å². The minimum Gasteiger partial charge on any atom is -0.467 e. The number of aromatic nitrogens is 3. The Kier molecular flexibility index (Phi) is 2.46. The van der Waals surface area contributed by atoms with Crippen LogP contribution in [0.2, 0.25) is 0 Å². The average molecular weight is 225 g/mol. The smallest absolute Gasteiger partial charge is 0.131 e. The number of furan rings is 1. The first-order chi connectivity index (χ1) is 8.45. The Labute approximate surface area is 98.5 Å². The molecule has 0 saturated heterocycles. The Balaban J connectivity index is 2.10. The van der Waals surface area contributed by atoms with E-state index in [1.165, 1.54) is 0 Å². The van der Waals surface area contributed by atoms with Gasteiger partial charge in [-0.25, -0.2) is 0 Å². The summed E-state index contributed by atoms with van der Waals surface area (Å²) in [5.41, 5.74) is 1.14. The maximum Gasteiger partial charge on any atom is 0.131 e. The van der Waals surface area contributed by atoms with Crippen LogP contribution in [0.5, 0.6) is 0 Å². The number of hydrogen-bond acceptors (Lipinski definition) is 3. The largest absolute Gasteiger partial charge is 0.467 e. The fourth-order valence-corrected chi connectivity index (χ4v) is 1.91. The van der Waals surface area contributed by atoms with Crippen LogP contribution in [0.4, 0.5) is 0 Å². The van der Waals surface area contributed by atoms with Crippen molar-refractivity contribution in [3.63, 3.8) is 0 Å². The molecule has 0 radical (unpaired) electrons. The average Bonchev–Trinajstić information content (AvgIpc) is 3.04. The summed E-state index contributed by atoms with van der Waals surface area (Å²) in [7, 11) is 0. The molecule has 4 heteroatoms. The second-order valence-electron chi connectivity index (χ2n) is 3.74. The number of benzene rings is 1. The number of nitrogens with zero attached hydrogens (tertiary/aromatic N) is 3. The zero-order chi connectivity index (χ0) is 11.5. The summed E-state index contributed by atoms with van der Waals surface area (Å²) >= 11 is 0. The molecular formula is C13H11N3O. The first-order valence-corrected chi connectivity index (χ1v) is 5.37. The molecule has 0 N–H and O–H groups in total. The van der Waals surface area contributed by atoms with E-state index in [2.05, 4.69) is 22.3 Å². The van der Waals surface area contributed by atoms with Crippen molar-refractivity contribution in [3.8, 4) is 0 Å². The molecule has 1 unspecified atom stereocenters. The van der Waals surface area contributed by atoms with E-state index in [1.54, 1.807) is 18.9 Å². The summed E-state index contributed by atoms with van der Waals surface area (Å²) in [6.07, 6.45) is 5.07. The van der Waals surface area contributed by atoms with Gasteiger partial charge in [-0.15, -0.1) is 10.2 Å². The second kappa shape index (κ2) is 4.25. The fourth-order valence-electron chi connectivity index (χ4n) is 1.91. The Morgan fingerprint density at radius 2 is 1.71 bits per heavy atom. The third-order valence-corrected chi connectivity index (χ3v) is 2.66. The van der Waals surface area contributed by atoms with Crippen molar-refractivity contribution in [3.05, 3.63) is 72.7 Å². The molecule has 0 fully saturated rings. The van der Waals surface area contributed by atoms with Gasteiger partial charge in [0.05, 0.1) is 6.26 Å². The quantitative estimate of drug-likeness (QED) is 0.688. The normalized spacial score (nSPS) is 12.5. The molecule has 0 amide bonds. The van der Waals surface area contributed by atoms with E-state index in [9.17, 15) is 0 Å². The zero-order valence-corrected chi connectivity index (χ0v) is 9.10. The Bertz CT molecular complexity index is 524. The van der Waals surface area contributed by atoms with Crippen molar-refractivity contribution in [2.24, 2.45) is 0 Å². The van der Waals surface area contributed by atoms with Gasteiger partial charge >= 0.3 is 0 Å². The SMILES string of the molecule is c1ccc(C(c2ccco2)n2cnnc2)cc1. The van der Waals surface area contributed by atoms with Crippen LogP contribution in [0.1, 0.15) is 17.4 Å². The van der Waals surface area contributed by atoms with Crippen LogP contribution in [0.15, 0.2) is 65.8 Å². The molecule has 0 bridgehead atoms. The molecule has 0 saturated carbocycles. The minimum atomic E-state index is -0.0128. The molecule has 17 heavy (non-hydrogen) atoms. The lowest BCUT2D eigenvalue weighted by atomic mass is 10.0. The molecule has 1 atom stereocenters. The Morgan fingerprint density at radius 1 is 0.941 bits per heavy atom. The maximum absolute atomic E-state index is 5.50. The second-order valence-corrected chi connectivity index (χ2v) is 3.74. The van der Waals surface area contributed by atoms with Crippen LogP contribution in [0.25, 0.3) is 0 Å². The van der Waals surface area contributed by atoms with Gasteiger partial charge in [0.1, 0.15) is 24.5 Å². The number of rotatable bonds is 3. The van der Waals surface area contributed by atoms with Crippen LogP contribution < -0.4 is 0 Å². The van der Waals surface area contributed by atoms with Crippen LogP contribution in [0.3, 0.4) is 0 Å². The van der Waals surface area contributed by atoms with Crippen LogP contribution in [-0.4, -0.2) is 14.8 Å². The molecule has 3 aromatic rings. The van der Waals surface area contributed by atoms with Gasteiger partial charge in [0.2, 0.25) is 0 Å². The molecule has 3 rings (SSSR count). The van der Waals surface area contributed by atoms with Crippen molar-refractivity contribution in [2.45, 2.75) is 6.04 Å². The topological polar surface area (TPSA) is 43.9 Å². The van der Waals surface area contributed by atoms with E-state index < -0.39 is 0 Å². The lowest BCUT2D eigenvalue weighted by molar-refractivity contribution is 0.460. The molecule has 4 nitrogen and oxygen atoms in total. The highest BCUT2D eigenvalue weighted by molar-refractivity contribution is 5.27. The monoisotopic (exact) mass is 225 g/mol. The van der Waals surface area contributed by atoms with E-state index in [4.69, 9.17) is 4.42 Å². The first kappa shape index (κ1) is 9.84. The van der Waals surface area contributed by atoms with Gasteiger partial charge in [0, 0.05) is 0 Å². The molecule has 0 aliphatic carbocycles. The maximum atomic E-state index is 5.50. The molecular weight excluding hydrogens is 214 g/mol. The summed E-state index contributed by atoms with van der Waals surface area (Å²) in [5, 5.41) is 7.70. The molecule has 2 heterocycles. The molecule has 0 spiro atoms. The summed E-state index contributed by atoms with van der Waals surface area (Å²) in [6.45, 7) is 0. The lowest BCUT2D eigenvalue weighted by Crippen LogP contribution is -2.09. The molecule has 84 valence electrons. The van der Waals surface area contributed by atoms with Crippen molar-refractivity contribution in [1.29, 1.82) is 0 Å². The highest BCUT2D eigenvalue weighted by Crippen LogP contribution is 2.26. The molecule has 0 aliphatic rings. The number of hydrogen-bond donors (Lipinski definition) is 0. The van der Waals surface area contributed by atoms with Gasteiger partial charge in [-0.2, -0.15) is 0 Å². The van der Waals surface area contributed by atoms with E-state index >= 15 is 0 Å². The minimum absolute atomic E-state index is 0.0128. The molecule has 1 aromatic carbocycles. The summed E-state index contributed by atoms with van der Waals surface area (Å²) in [5.74, 6) is 0.871. The fraction of sp³-hybridized carbons (Fsp3) is 0.0769. The Morgan fingerprint density at radius 3 is 2.35 bits per heavy atom. The van der Waals surface area contributed by atoms with Crippen molar-refractivity contribution >= 4 is 0 Å². The van der Waals surface area contributed by atoms with E-state index in [0.717, 1.165) is 11.3 Å². The molecule has 0 aliphatic heterocycles. The molecule has 2 aromatic heterocycles. The van der Waals surface area contributed by atoms with Crippen LogP contribution in [0, 0.1) is 0 Å². The zero-order valence-electron chi connectivity index (χ0n) is 9.10. The van der Waals surface area contributed by atoms with E-state index in [0.29, 0.717) is 0 Å². The van der Waals surface area contributed by atoms with E-state index in [1.807, 2.05) is 34.9 Å². The lowest BCUT2D eigenvalue weighted by Gasteiger charge is -2.15. The van der Waals surface area contributed by atoms with Crippen LogP contribution >= 0.6 is 0 Å². The predicted molar refractivity (Wildman–Crippen MR) is 62.4 cm³/mol. The van der Waals surface area contributed by atoms with Gasteiger partial charge in [-0.3, -0.25) is 0 Å². The van der Waals surface area contributed by atoms with Crippen LogP contribution in [-0.2, 0) is 0 Å². The van der Waals surface area contributed by atoms with Gasteiger partial charge in [-0.1, -0.05) is 30.3 Å². The highest BCUT2D eigenvalue weighted by atomic mass is 16.3. The third kappa shape index (κ3) is 1.85. The predicted octanol–water partition coefficient (Wildman–Crippen LogP) is 2.51. The first-order valence-electron chi connectivity index (χ1n) is 5.37. The van der Waals surface area contributed by atoms with Gasteiger partial charge in [0.25, 0.3) is 0 Å². The van der Waals surface area contributed by atoms with Gasteiger partial charge in [0.15, 0.2) is 0 Å². The highest BCUT2D eigenvalue weighted by Gasteiger charge is 2.18. The Hall–Kier alpha value is -2.36. The summed E-state index contributed by atoms with van der Waals surface area (Å²) in [4.78, 5) is 0. The standard InChI is InChI=1S/C13H11N3O/c1-2-5-11(6-3-1)13(12-7-4-8-17-12)16-9-14-15-10-16/h1-10,13H.